The Labute approximate surface area is 298 Å². The van der Waals surface area contributed by atoms with E-state index in [0.717, 1.165) is 81.9 Å². The van der Waals surface area contributed by atoms with E-state index in [4.69, 9.17) is 4.74 Å². The molecule has 9 nitrogen and oxygen atoms in total. The smallest absolute Gasteiger partial charge is 0.303 e. The molecule has 1 aromatic heterocycles. The predicted molar refractivity (Wildman–Crippen MR) is 195 cm³/mol. The molecule has 2 aliphatic heterocycles. The van der Waals surface area contributed by atoms with Gasteiger partial charge in [-0.05, 0) is 103 Å². The Balaban J connectivity index is 1.23. The van der Waals surface area contributed by atoms with E-state index in [2.05, 4.69) is 21.4 Å². The van der Waals surface area contributed by atoms with E-state index in [1.807, 2.05) is 35.2 Å². The highest BCUT2D eigenvalue weighted by molar-refractivity contribution is 7.87. The van der Waals surface area contributed by atoms with Crippen LogP contribution in [0.1, 0.15) is 96.2 Å². The minimum Gasteiger partial charge on any atom is -0.497 e. The molecule has 51 heavy (non-hydrogen) atoms. The molecule has 0 spiro atoms. The lowest BCUT2D eigenvalue weighted by atomic mass is 9.81. The number of fused-ring (bicyclic) bond motifs is 7. The highest BCUT2D eigenvalue weighted by Crippen LogP contribution is 2.66. The van der Waals surface area contributed by atoms with Crippen molar-refractivity contribution in [2.24, 2.45) is 5.41 Å². The van der Waals surface area contributed by atoms with Crippen molar-refractivity contribution in [3.8, 4) is 17.0 Å². The third-order valence-corrected chi connectivity index (χ3v) is 13.4. The van der Waals surface area contributed by atoms with Crippen molar-refractivity contribution in [1.29, 1.82) is 0 Å². The lowest BCUT2D eigenvalue weighted by Crippen LogP contribution is -2.44. The number of carbonyl (C=O) groups is 2. The van der Waals surface area contributed by atoms with Gasteiger partial charge in [0.25, 0.3) is 5.91 Å². The average Bonchev–Trinajstić information content (AvgIpc) is 3.81. The van der Waals surface area contributed by atoms with Crippen molar-refractivity contribution in [3.05, 3.63) is 88.7 Å². The Morgan fingerprint density at radius 3 is 2.33 bits per heavy atom. The Kier molecular flexibility index (Phi) is 8.49. The molecule has 0 bridgehead atoms. The van der Waals surface area contributed by atoms with Gasteiger partial charge in [-0.15, -0.1) is 0 Å². The van der Waals surface area contributed by atoms with Crippen LogP contribution in [-0.2, 0) is 21.5 Å². The van der Waals surface area contributed by atoms with Gasteiger partial charge in [0.1, 0.15) is 11.6 Å². The zero-order valence-electron chi connectivity index (χ0n) is 29.5. The molecule has 4 aliphatic rings. The zero-order chi connectivity index (χ0) is 35.7. The highest BCUT2D eigenvalue weighted by Gasteiger charge is 2.64. The van der Waals surface area contributed by atoms with Crippen LogP contribution < -0.4 is 9.46 Å². The number of piperidine rings is 1. The molecule has 1 N–H and O–H groups in total. The summed E-state index contributed by atoms with van der Waals surface area (Å²) in [5, 5.41) is 1.05. The molecule has 1 saturated heterocycles. The maximum absolute atomic E-state index is 14.9. The van der Waals surface area contributed by atoms with Gasteiger partial charge in [0.15, 0.2) is 0 Å². The van der Waals surface area contributed by atoms with Crippen LogP contribution in [0.15, 0.2) is 60.7 Å². The third kappa shape index (κ3) is 5.82. The number of aromatic nitrogens is 1. The highest BCUT2D eigenvalue weighted by atomic mass is 32.2. The van der Waals surface area contributed by atoms with E-state index >= 15 is 0 Å². The largest absolute Gasteiger partial charge is 0.497 e. The fourth-order valence-corrected chi connectivity index (χ4v) is 9.69. The minimum absolute atomic E-state index is 0.00999. The van der Waals surface area contributed by atoms with E-state index in [9.17, 15) is 22.4 Å². The summed E-state index contributed by atoms with van der Waals surface area (Å²) in [6.07, 6.45) is 7.99. The molecule has 3 heterocycles. The number of benzene rings is 3. The van der Waals surface area contributed by atoms with Gasteiger partial charge in [0, 0.05) is 61.7 Å². The predicted octanol–water partition coefficient (Wildman–Crippen LogP) is 6.93. The first-order valence-electron chi connectivity index (χ1n) is 18.1. The molecule has 3 fully saturated rings. The number of amides is 2. The Morgan fingerprint density at radius 2 is 1.65 bits per heavy atom. The molecule has 2 atom stereocenters. The number of nitrogens with zero attached hydrogens (tertiary/aromatic N) is 3. The second-order valence-electron chi connectivity index (χ2n) is 15.1. The van der Waals surface area contributed by atoms with Gasteiger partial charge >= 0.3 is 10.2 Å². The lowest BCUT2D eigenvalue weighted by molar-refractivity contribution is -0.138. The third-order valence-electron chi connectivity index (χ3n) is 12.0. The molecule has 2 amide bonds. The number of ether oxygens (including phenoxy) is 1. The van der Waals surface area contributed by atoms with Gasteiger partial charge < -0.3 is 14.2 Å². The van der Waals surface area contributed by atoms with E-state index in [-0.39, 0.29) is 29.1 Å². The molecule has 11 heteroatoms. The molecule has 2 unspecified atom stereocenters. The Morgan fingerprint density at radius 1 is 0.922 bits per heavy atom. The number of nitrogens with one attached hydrogen (secondary N) is 1. The van der Waals surface area contributed by atoms with Crippen LogP contribution in [0.3, 0.4) is 0 Å². The topological polar surface area (TPSA) is 101 Å². The van der Waals surface area contributed by atoms with Crippen molar-refractivity contribution >= 4 is 32.9 Å². The molecular weight excluding hydrogens is 668 g/mol. The number of hydrogen-bond acceptors (Lipinski definition) is 5. The first-order chi connectivity index (χ1) is 24.5. The van der Waals surface area contributed by atoms with Crippen molar-refractivity contribution in [3.63, 3.8) is 0 Å². The summed E-state index contributed by atoms with van der Waals surface area (Å²) < 4.78 is 50.0. The minimum atomic E-state index is -3.99. The van der Waals surface area contributed by atoms with Gasteiger partial charge in [-0.1, -0.05) is 37.5 Å². The number of likely N-dealkylation sites (tertiary alicyclic amines) is 1. The van der Waals surface area contributed by atoms with Crippen LogP contribution in [0, 0.1) is 11.2 Å². The van der Waals surface area contributed by atoms with Gasteiger partial charge in [-0.25, -0.2) is 9.11 Å². The number of halogens is 1. The fraction of sp³-hybridized carbons (Fsp3) is 0.450. The van der Waals surface area contributed by atoms with Crippen LogP contribution >= 0.6 is 0 Å². The Hall–Kier alpha value is -4.22. The van der Waals surface area contributed by atoms with Crippen LogP contribution in [0.4, 0.5) is 4.39 Å². The molecule has 2 saturated carbocycles. The fourth-order valence-electron chi connectivity index (χ4n) is 9.16. The quantitative estimate of drug-likeness (QED) is 0.224. The molecule has 2 aliphatic carbocycles. The normalized spacial score (nSPS) is 22.2. The van der Waals surface area contributed by atoms with E-state index in [0.29, 0.717) is 32.0 Å². The van der Waals surface area contributed by atoms with Gasteiger partial charge in [0.2, 0.25) is 5.91 Å². The maximum atomic E-state index is 14.9. The van der Waals surface area contributed by atoms with Gasteiger partial charge in [-0.3, -0.25) is 9.59 Å². The summed E-state index contributed by atoms with van der Waals surface area (Å²) in [6, 6.07) is 18.5. The maximum Gasteiger partial charge on any atom is 0.303 e. The van der Waals surface area contributed by atoms with Gasteiger partial charge in [0.05, 0.1) is 18.2 Å². The molecule has 3 aromatic carbocycles. The standard InChI is InChI=1S/C40H45FN4O5S/c1-43(2)51(48,49)42-38(46)28-11-15-32-35(21-28)45-24-40(39(47)44-19-17-26(18-20-44)25-9-12-29(41)13-10-25)23-34(40)33-22-30(50-3)14-16-31(33)37(45)36(32)27-7-5-4-6-8-27/h9-16,21-22,26-27,34H,4-8,17-20,23-24H2,1-3H3,(H,42,46). The molecule has 268 valence electrons. The van der Waals surface area contributed by atoms with E-state index < -0.39 is 21.5 Å². The van der Waals surface area contributed by atoms with E-state index in [1.54, 1.807) is 13.2 Å². The van der Waals surface area contributed by atoms with Crippen LogP contribution in [0.5, 0.6) is 5.75 Å². The number of carbonyl (C=O) groups excluding carboxylic acids is 2. The second-order valence-corrected chi connectivity index (χ2v) is 17.0. The molecular formula is C40H45FN4O5S. The lowest BCUT2D eigenvalue weighted by Gasteiger charge is -2.35. The summed E-state index contributed by atoms with van der Waals surface area (Å²) >= 11 is 0. The van der Waals surface area contributed by atoms with Crippen molar-refractivity contribution in [1.82, 2.24) is 18.5 Å². The zero-order valence-corrected chi connectivity index (χ0v) is 30.3. The van der Waals surface area contributed by atoms with Crippen LogP contribution in [0.25, 0.3) is 22.2 Å². The van der Waals surface area contributed by atoms with E-state index in [1.165, 1.54) is 38.2 Å². The number of rotatable bonds is 7. The van der Waals surface area contributed by atoms with Crippen molar-refractivity contribution in [2.75, 3.05) is 34.3 Å². The summed E-state index contributed by atoms with van der Waals surface area (Å²) in [4.78, 5) is 30.3. The average molecular weight is 713 g/mol. The number of methoxy groups -OCH3 is 1. The van der Waals surface area contributed by atoms with Gasteiger partial charge in [-0.2, -0.15) is 12.7 Å². The summed E-state index contributed by atoms with van der Waals surface area (Å²) in [5.74, 6) is 0.582. The molecule has 8 rings (SSSR count). The van der Waals surface area contributed by atoms with Crippen molar-refractivity contribution in [2.45, 2.75) is 75.7 Å². The van der Waals surface area contributed by atoms with Crippen LogP contribution in [-0.4, -0.2) is 68.3 Å². The summed E-state index contributed by atoms with van der Waals surface area (Å²) in [7, 11) is 0.432. The summed E-state index contributed by atoms with van der Waals surface area (Å²) in [5.41, 5.74) is 6.11. The summed E-state index contributed by atoms with van der Waals surface area (Å²) in [6.45, 7) is 1.74. The first-order valence-corrected chi connectivity index (χ1v) is 19.6. The molecule has 0 radical (unpaired) electrons. The number of hydrogen-bond donors (Lipinski definition) is 1. The second kappa shape index (κ2) is 12.8. The SMILES string of the molecule is COc1ccc2c(c1)C1CC1(C(=O)N1CCC(c3ccc(F)cc3)CC1)Cn1c-2c(C2CCCCC2)c2ccc(C(=O)NS(=O)(=O)N(C)C)cc21. The monoisotopic (exact) mass is 712 g/mol. The Bertz CT molecular complexity index is 2130. The van der Waals surface area contributed by atoms with Crippen molar-refractivity contribution < 1.29 is 27.1 Å². The first kappa shape index (κ1) is 33.9. The molecule has 4 aromatic rings. The van der Waals surface area contributed by atoms with Crippen LogP contribution in [0.2, 0.25) is 0 Å².